The standard InChI is InChI=1S/C11H7ClNO/c12-10-5-1-2-6-11(10)14-9-4-3-7-13-8-9/h1,3-8H. The summed E-state index contributed by atoms with van der Waals surface area (Å²) < 4.78 is 5.48. The normalized spacial score (nSPS) is 9.79. The molecule has 0 aliphatic carbocycles. The molecule has 1 aromatic carbocycles. The fourth-order valence-corrected chi connectivity index (χ4v) is 1.16. The minimum Gasteiger partial charge on any atom is -0.454 e. The molecule has 0 saturated carbocycles. The van der Waals surface area contributed by atoms with Gasteiger partial charge in [-0.3, -0.25) is 4.98 Å². The average Bonchev–Trinajstić information content (AvgIpc) is 2.23. The molecule has 3 heteroatoms. The highest BCUT2D eigenvalue weighted by molar-refractivity contribution is 6.32. The molecule has 0 aliphatic heterocycles. The van der Waals surface area contributed by atoms with E-state index >= 15 is 0 Å². The zero-order valence-electron chi connectivity index (χ0n) is 7.27. The molecule has 0 spiro atoms. The minimum absolute atomic E-state index is 0.563. The van der Waals surface area contributed by atoms with Crippen LogP contribution in [0, 0.1) is 6.07 Å². The Kier molecular flexibility index (Phi) is 2.65. The second-order valence-corrected chi connectivity index (χ2v) is 3.05. The van der Waals surface area contributed by atoms with E-state index in [4.69, 9.17) is 16.3 Å². The maximum atomic E-state index is 5.91. The highest BCUT2D eigenvalue weighted by Gasteiger charge is 2.00. The molecule has 69 valence electrons. The van der Waals surface area contributed by atoms with Crippen LogP contribution in [0.2, 0.25) is 5.02 Å². The van der Waals surface area contributed by atoms with Gasteiger partial charge in [-0.1, -0.05) is 17.7 Å². The van der Waals surface area contributed by atoms with Gasteiger partial charge in [-0.05, 0) is 30.3 Å². The molecule has 1 radical (unpaired) electrons. The summed E-state index contributed by atoms with van der Waals surface area (Å²) in [4.78, 5) is 3.93. The van der Waals surface area contributed by atoms with Crippen molar-refractivity contribution in [3.63, 3.8) is 0 Å². The summed E-state index contributed by atoms with van der Waals surface area (Å²) in [6.07, 6.45) is 3.31. The molecule has 0 fully saturated rings. The Morgan fingerprint density at radius 2 is 2.29 bits per heavy atom. The monoisotopic (exact) mass is 204 g/mol. The molecular formula is C11H7ClNO. The first kappa shape index (κ1) is 9.03. The minimum atomic E-state index is 0.563. The molecule has 0 atom stereocenters. The van der Waals surface area contributed by atoms with Crippen molar-refractivity contribution in [2.24, 2.45) is 0 Å². The van der Waals surface area contributed by atoms with Crippen molar-refractivity contribution in [1.29, 1.82) is 0 Å². The third-order valence-electron chi connectivity index (χ3n) is 1.64. The lowest BCUT2D eigenvalue weighted by atomic mass is 10.3. The Hall–Kier alpha value is -1.54. The molecule has 1 heterocycles. The molecule has 0 amide bonds. The van der Waals surface area contributed by atoms with Crippen molar-refractivity contribution >= 4 is 11.6 Å². The van der Waals surface area contributed by atoms with Gasteiger partial charge in [0.15, 0.2) is 0 Å². The van der Waals surface area contributed by atoms with Crippen LogP contribution in [-0.2, 0) is 0 Å². The number of rotatable bonds is 2. The quantitative estimate of drug-likeness (QED) is 0.749. The van der Waals surface area contributed by atoms with Gasteiger partial charge in [0.05, 0.1) is 11.2 Å². The lowest BCUT2D eigenvalue weighted by molar-refractivity contribution is 0.480. The van der Waals surface area contributed by atoms with Gasteiger partial charge < -0.3 is 4.74 Å². The molecule has 2 nitrogen and oxygen atoms in total. The van der Waals surface area contributed by atoms with E-state index in [2.05, 4.69) is 11.1 Å². The smallest absolute Gasteiger partial charge is 0.146 e. The van der Waals surface area contributed by atoms with Crippen LogP contribution in [0.3, 0.4) is 0 Å². The summed E-state index contributed by atoms with van der Waals surface area (Å²) >= 11 is 5.91. The summed E-state index contributed by atoms with van der Waals surface area (Å²) in [7, 11) is 0. The van der Waals surface area contributed by atoms with Crippen molar-refractivity contribution in [2.45, 2.75) is 0 Å². The van der Waals surface area contributed by atoms with Gasteiger partial charge in [-0.25, -0.2) is 0 Å². The number of halogens is 1. The van der Waals surface area contributed by atoms with E-state index in [1.165, 1.54) is 0 Å². The average molecular weight is 205 g/mol. The predicted octanol–water partition coefficient (Wildman–Crippen LogP) is 3.33. The molecule has 0 N–H and O–H groups in total. The number of hydrogen-bond donors (Lipinski definition) is 0. The summed E-state index contributed by atoms with van der Waals surface area (Å²) in [6.45, 7) is 0. The largest absolute Gasteiger partial charge is 0.454 e. The molecule has 14 heavy (non-hydrogen) atoms. The van der Waals surface area contributed by atoms with Gasteiger partial charge in [0.25, 0.3) is 0 Å². The van der Waals surface area contributed by atoms with E-state index in [1.807, 2.05) is 6.07 Å². The Morgan fingerprint density at radius 1 is 1.36 bits per heavy atom. The lowest BCUT2D eigenvalue weighted by Crippen LogP contribution is -1.85. The zero-order valence-corrected chi connectivity index (χ0v) is 8.03. The van der Waals surface area contributed by atoms with Crippen LogP contribution < -0.4 is 4.74 Å². The molecule has 0 bridgehead atoms. The maximum absolute atomic E-state index is 5.91. The van der Waals surface area contributed by atoms with E-state index in [-0.39, 0.29) is 0 Å². The third-order valence-corrected chi connectivity index (χ3v) is 1.95. The summed E-state index contributed by atoms with van der Waals surface area (Å²) in [6, 6.07) is 11.7. The van der Waals surface area contributed by atoms with Crippen LogP contribution in [-0.4, -0.2) is 4.98 Å². The first-order chi connectivity index (χ1) is 6.86. The van der Waals surface area contributed by atoms with Crippen molar-refractivity contribution < 1.29 is 4.74 Å². The van der Waals surface area contributed by atoms with Crippen LogP contribution in [0.25, 0.3) is 0 Å². The number of benzene rings is 1. The van der Waals surface area contributed by atoms with Gasteiger partial charge in [0, 0.05) is 6.20 Å². The van der Waals surface area contributed by atoms with Crippen LogP contribution >= 0.6 is 11.6 Å². The van der Waals surface area contributed by atoms with E-state index in [0.717, 1.165) is 0 Å². The Morgan fingerprint density at radius 3 is 3.00 bits per heavy atom. The molecule has 0 saturated heterocycles. The fraction of sp³-hybridized carbons (Fsp3) is 0. The second-order valence-electron chi connectivity index (χ2n) is 2.65. The number of ether oxygens (including phenoxy) is 1. The number of pyridine rings is 1. The summed E-state index contributed by atoms with van der Waals surface area (Å²) in [5.74, 6) is 1.25. The number of hydrogen-bond acceptors (Lipinski definition) is 2. The Bertz CT molecular complexity index is 417. The van der Waals surface area contributed by atoms with Crippen molar-refractivity contribution in [1.82, 2.24) is 4.98 Å². The van der Waals surface area contributed by atoms with Gasteiger partial charge in [0.1, 0.15) is 11.5 Å². The highest BCUT2D eigenvalue weighted by atomic mass is 35.5. The van der Waals surface area contributed by atoms with Crippen molar-refractivity contribution in [2.75, 3.05) is 0 Å². The third kappa shape index (κ3) is 2.03. The topological polar surface area (TPSA) is 22.1 Å². The van der Waals surface area contributed by atoms with Gasteiger partial charge in [-0.15, -0.1) is 0 Å². The molecule has 0 aliphatic rings. The highest BCUT2D eigenvalue weighted by Crippen LogP contribution is 2.27. The van der Waals surface area contributed by atoms with Crippen molar-refractivity contribution in [3.05, 3.63) is 53.8 Å². The number of aromatic nitrogens is 1. The summed E-state index contributed by atoms with van der Waals surface area (Å²) in [5.41, 5.74) is 0. The van der Waals surface area contributed by atoms with Gasteiger partial charge in [-0.2, -0.15) is 0 Å². The molecular weight excluding hydrogens is 198 g/mol. The van der Waals surface area contributed by atoms with E-state index in [9.17, 15) is 0 Å². The van der Waals surface area contributed by atoms with Gasteiger partial charge in [0.2, 0.25) is 0 Å². The molecule has 2 rings (SSSR count). The number of nitrogens with zero attached hydrogens (tertiary/aromatic N) is 1. The fourth-order valence-electron chi connectivity index (χ4n) is 1.01. The Balaban J connectivity index is 2.24. The maximum Gasteiger partial charge on any atom is 0.146 e. The van der Waals surface area contributed by atoms with Gasteiger partial charge >= 0.3 is 0 Å². The zero-order chi connectivity index (χ0) is 9.80. The SMILES string of the molecule is Clc1cc[c]cc1Oc1cccnc1. The van der Waals surface area contributed by atoms with E-state index < -0.39 is 0 Å². The lowest BCUT2D eigenvalue weighted by Gasteiger charge is -2.05. The van der Waals surface area contributed by atoms with Crippen LogP contribution in [0.15, 0.2) is 42.7 Å². The van der Waals surface area contributed by atoms with Crippen LogP contribution in [0.1, 0.15) is 0 Å². The van der Waals surface area contributed by atoms with Crippen LogP contribution in [0.4, 0.5) is 0 Å². The van der Waals surface area contributed by atoms with E-state index in [0.29, 0.717) is 16.5 Å². The predicted molar refractivity (Wildman–Crippen MR) is 54.6 cm³/mol. The Labute approximate surface area is 87.1 Å². The van der Waals surface area contributed by atoms with E-state index in [1.54, 1.807) is 36.7 Å². The van der Waals surface area contributed by atoms with Crippen LogP contribution in [0.5, 0.6) is 11.5 Å². The first-order valence-corrected chi connectivity index (χ1v) is 4.47. The van der Waals surface area contributed by atoms with Crippen molar-refractivity contribution in [3.8, 4) is 11.5 Å². The second kappa shape index (κ2) is 4.11. The summed E-state index contributed by atoms with van der Waals surface area (Å²) in [5, 5.41) is 0.563. The first-order valence-electron chi connectivity index (χ1n) is 4.10. The molecule has 0 unspecified atom stereocenters. The molecule has 2 aromatic rings. The molecule has 1 aromatic heterocycles.